The number of hydrogen-bond donors (Lipinski definition) is 2. The number of hydrogen-bond acceptors (Lipinski definition) is 3. The Morgan fingerprint density at radius 3 is 2.80 bits per heavy atom. The Morgan fingerprint density at radius 1 is 1.50 bits per heavy atom. The van der Waals surface area contributed by atoms with Crippen molar-refractivity contribution in [2.75, 3.05) is 26.0 Å². The van der Waals surface area contributed by atoms with Crippen molar-refractivity contribution in [1.29, 1.82) is 0 Å². The van der Waals surface area contributed by atoms with Gasteiger partial charge in [-0.25, -0.2) is 0 Å². The van der Waals surface area contributed by atoms with Crippen molar-refractivity contribution >= 4 is 23.2 Å². The molecule has 0 aromatic heterocycles. The Morgan fingerprint density at radius 2 is 2.20 bits per heavy atom. The van der Waals surface area contributed by atoms with Crippen molar-refractivity contribution in [3.05, 3.63) is 28.8 Å². The number of nitrogens with one attached hydrogen (secondary N) is 2. The molecule has 1 aliphatic rings. The third-order valence-corrected chi connectivity index (χ3v) is 4.11. The van der Waals surface area contributed by atoms with Crippen LogP contribution in [0.15, 0.2) is 18.2 Å². The minimum absolute atomic E-state index is 0.0899. The van der Waals surface area contributed by atoms with Crippen LogP contribution in [-0.4, -0.2) is 43.5 Å². The zero-order chi connectivity index (χ0) is 14.7. The zero-order valence-electron chi connectivity index (χ0n) is 12.2. The van der Waals surface area contributed by atoms with Crippen LogP contribution in [0.1, 0.15) is 30.1 Å². The number of halogens is 1. The summed E-state index contributed by atoms with van der Waals surface area (Å²) in [5.74, 6) is -0.0899. The number of amides is 1. The lowest BCUT2D eigenvalue weighted by Crippen LogP contribution is -2.41. The van der Waals surface area contributed by atoms with Crippen LogP contribution in [-0.2, 0) is 0 Å². The van der Waals surface area contributed by atoms with E-state index in [0.717, 1.165) is 5.69 Å². The van der Waals surface area contributed by atoms with E-state index in [-0.39, 0.29) is 5.91 Å². The highest BCUT2D eigenvalue weighted by atomic mass is 35.5. The Balaban J connectivity index is 1.95. The number of carbonyl (C=O) groups excluding carboxylic acids is 1. The minimum Gasteiger partial charge on any atom is -0.387 e. The fraction of sp³-hybridized carbons (Fsp3) is 0.533. The number of rotatable bonds is 6. The first kappa shape index (κ1) is 15.1. The first-order chi connectivity index (χ1) is 9.52. The van der Waals surface area contributed by atoms with E-state index >= 15 is 0 Å². The molecule has 110 valence electrons. The van der Waals surface area contributed by atoms with Gasteiger partial charge < -0.3 is 10.6 Å². The van der Waals surface area contributed by atoms with Crippen molar-refractivity contribution in [2.24, 2.45) is 0 Å². The first-order valence-electron chi connectivity index (χ1n) is 7.00. The highest BCUT2D eigenvalue weighted by Gasteiger charge is 2.29. The van der Waals surface area contributed by atoms with Gasteiger partial charge in [0.15, 0.2) is 0 Å². The molecule has 1 aromatic carbocycles. The molecule has 0 radical (unpaired) electrons. The summed E-state index contributed by atoms with van der Waals surface area (Å²) in [6, 6.07) is 6.31. The van der Waals surface area contributed by atoms with Crippen LogP contribution in [0.5, 0.6) is 0 Å². The molecule has 1 unspecified atom stereocenters. The molecule has 0 saturated heterocycles. The molecular formula is C15H22ClN3O. The summed E-state index contributed by atoms with van der Waals surface area (Å²) in [4.78, 5) is 14.6. The molecule has 2 rings (SSSR count). The average Bonchev–Trinajstić information content (AvgIpc) is 3.28. The van der Waals surface area contributed by atoms with Gasteiger partial charge in [-0.1, -0.05) is 11.6 Å². The van der Waals surface area contributed by atoms with Gasteiger partial charge in [-0.05, 0) is 45.0 Å². The number of nitrogens with zero attached hydrogens (tertiary/aromatic N) is 1. The lowest BCUT2D eigenvalue weighted by molar-refractivity contribution is 0.0940. The van der Waals surface area contributed by atoms with Gasteiger partial charge in [0.25, 0.3) is 5.91 Å². The fourth-order valence-corrected chi connectivity index (χ4v) is 2.42. The maximum absolute atomic E-state index is 12.3. The molecule has 1 aliphatic carbocycles. The maximum atomic E-state index is 12.3. The highest BCUT2D eigenvalue weighted by molar-refractivity contribution is 6.31. The summed E-state index contributed by atoms with van der Waals surface area (Å²) >= 11 is 5.96. The molecule has 1 amide bonds. The summed E-state index contributed by atoms with van der Waals surface area (Å²) in [6.07, 6.45) is 2.54. The highest BCUT2D eigenvalue weighted by Crippen LogP contribution is 2.26. The number of benzene rings is 1. The van der Waals surface area contributed by atoms with Crippen LogP contribution < -0.4 is 10.6 Å². The van der Waals surface area contributed by atoms with E-state index in [1.54, 1.807) is 19.2 Å². The monoisotopic (exact) mass is 295 g/mol. The normalized spacial score (nSPS) is 16.1. The third kappa shape index (κ3) is 3.64. The van der Waals surface area contributed by atoms with E-state index in [0.29, 0.717) is 29.2 Å². The van der Waals surface area contributed by atoms with Gasteiger partial charge in [-0.15, -0.1) is 0 Å². The molecule has 0 heterocycles. The van der Waals surface area contributed by atoms with E-state index in [2.05, 4.69) is 29.5 Å². The van der Waals surface area contributed by atoms with Crippen molar-refractivity contribution in [3.8, 4) is 0 Å². The lowest BCUT2D eigenvalue weighted by atomic mass is 10.1. The maximum Gasteiger partial charge on any atom is 0.253 e. The lowest BCUT2D eigenvalue weighted by Gasteiger charge is -2.24. The molecule has 1 fully saturated rings. The third-order valence-electron chi connectivity index (χ3n) is 3.87. The van der Waals surface area contributed by atoms with Crippen molar-refractivity contribution in [3.63, 3.8) is 0 Å². The SMILES string of the molecule is CNc1ccc(Cl)cc1C(=O)NCC(C)N(C)C1CC1. The summed E-state index contributed by atoms with van der Waals surface area (Å²) in [5.41, 5.74) is 1.37. The topological polar surface area (TPSA) is 44.4 Å². The second-order valence-electron chi connectivity index (χ2n) is 5.40. The predicted molar refractivity (Wildman–Crippen MR) is 83.6 cm³/mol. The van der Waals surface area contributed by atoms with E-state index in [4.69, 9.17) is 11.6 Å². The number of carbonyl (C=O) groups is 1. The van der Waals surface area contributed by atoms with Crippen LogP contribution >= 0.6 is 11.6 Å². The Hall–Kier alpha value is -1.26. The largest absolute Gasteiger partial charge is 0.387 e. The van der Waals surface area contributed by atoms with E-state index in [1.165, 1.54) is 12.8 Å². The first-order valence-corrected chi connectivity index (χ1v) is 7.38. The molecule has 0 bridgehead atoms. The van der Waals surface area contributed by atoms with Crippen molar-refractivity contribution < 1.29 is 4.79 Å². The zero-order valence-corrected chi connectivity index (χ0v) is 13.0. The fourth-order valence-electron chi connectivity index (χ4n) is 2.24. The Kier molecular flexibility index (Phi) is 4.89. The van der Waals surface area contributed by atoms with E-state index < -0.39 is 0 Å². The van der Waals surface area contributed by atoms with Crippen LogP contribution in [0, 0.1) is 0 Å². The van der Waals surface area contributed by atoms with E-state index in [9.17, 15) is 4.79 Å². The molecule has 1 aromatic rings. The Labute approximate surface area is 125 Å². The van der Waals surface area contributed by atoms with Gasteiger partial charge in [0.05, 0.1) is 5.56 Å². The van der Waals surface area contributed by atoms with Gasteiger partial charge in [-0.3, -0.25) is 9.69 Å². The molecule has 20 heavy (non-hydrogen) atoms. The standard InChI is InChI=1S/C15H22ClN3O/c1-10(19(3)12-5-6-12)9-18-15(20)13-8-11(16)4-7-14(13)17-2/h4,7-8,10,12,17H,5-6,9H2,1-3H3,(H,18,20). The smallest absolute Gasteiger partial charge is 0.253 e. The second kappa shape index (κ2) is 6.46. The summed E-state index contributed by atoms with van der Waals surface area (Å²) < 4.78 is 0. The van der Waals surface area contributed by atoms with Gasteiger partial charge in [-0.2, -0.15) is 0 Å². The Bertz CT molecular complexity index is 488. The summed E-state index contributed by atoms with van der Waals surface area (Å²) in [7, 11) is 3.91. The average molecular weight is 296 g/mol. The van der Waals surface area contributed by atoms with Crippen LogP contribution in [0.3, 0.4) is 0 Å². The molecule has 1 saturated carbocycles. The minimum atomic E-state index is -0.0899. The van der Waals surface area contributed by atoms with Crippen LogP contribution in [0.25, 0.3) is 0 Å². The van der Waals surface area contributed by atoms with Gasteiger partial charge in [0, 0.05) is 36.4 Å². The van der Waals surface area contributed by atoms with Crippen molar-refractivity contribution in [1.82, 2.24) is 10.2 Å². The van der Waals surface area contributed by atoms with E-state index in [1.807, 2.05) is 6.07 Å². The number of anilines is 1. The quantitative estimate of drug-likeness (QED) is 0.848. The van der Waals surface area contributed by atoms with Crippen LogP contribution in [0.2, 0.25) is 5.02 Å². The number of likely N-dealkylation sites (N-methyl/N-ethyl adjacent to an activating group) is 1. The summed E-state index contributed by atoms with van der Waals surface area (Å²) in [6.45, 7) is 2.77. The second-order valence-corrected chi connectivity index (χ2v) is 5.83. The molecule has 1 atom stereocenters. The molecule has 5 heteroatoms. The molecule has 4 nitrogen and oxygen atoms in total. The molecule has 2 N–H and O–H groups in total. The van der Waals surface area contributed by atoms with Crippen molar-refractivity contribution in [2.45, 2.75) is 31.8 Å². The summed E-state index contributed by atoms with van der Waals surface area (Å²) in [5, 5.41) is 6.56. The predicted octanol–water partition coefficient (Wildman–Crippen LogP) is 2.59. The molecular weight excluding hydrogens is 274 g/mol. The van der Waals surface area contributed by atoms with Crippen LogP contribution in [0.4, 0.5) is 5.69 Å². The van der Waals surface area contributed by atoms with Gasteiger partial charge in [0.1, 0.15) is 0 Å². The molecule has 0 aliphatic heterocycles. The van der Waals surface area contributed by atoms with Gasteiger partial charge in [0.2, 0.25) is 0 Å². The van der Waals surface area contributed by atoms with Gasteiger partial charge >= 0.3 is 0 Å². The molecule has 0 spiro atoms.